The van der Waals surface area contributed by atoms with Crippen LogP contribution in [0.25, 0.3) is 11.2 Å². The monoisotopic (exact) mass is 335 g/mol. The number of anilines is 1. The number of fused-ring (bicyclic) bond motifs is 1. The largest absolute Gasteiger partial charge is 0.434 e. The van der Waals surface area contributed by atoms with E-state index >= 15 is 0 Å². The van der Waals surface area contributed by atoms with Gasteiger partial charge in [-0.2, -0.15) is 18.4 Å². The van der Waals surface area contributed by atoms with Gasteiger partial charge in [-0.25, -0.2) is 19.6 Å². The minimum Gasteiger partial charge on any atom is -0.396 e. The molecular weight excluding hydrogens is 327 g/mol. The topological polar surface area (TPSA) is 127 Å². The third kappa shape index (κ3) is 2.58. The van der Waals surface area contributed by atoms with E-state index < -0.39 is 17.4 Å². The van der Waals surface area contributed by atoms with Crippen LogP contribution in [0.5, 0.6) is 0 Å². The number of rotatable bonds is 2. The molecule has 0 aromatic carbocycles. The van der Waals surface area contributed by atoms with Gasteiger partial charge in [0.15, 0.2) is 11.2 Å². The fourth-order valence-electron chi connectivity index (χ4n) is 2.17. The van der Waals surface area contributed by atoms with Gasteiger partial charge in [-0.05, 0) is 17.2 Å². The zero-order valence-corrected chi connectivity index (χ0v) is 12.1. The second-order valence-corrected chi connectivity index (χ2v) is 4.86. The highest BCUT2D eigenvalue weighted by molar-refractivity contribution is 5.85. The first kappa shape index (κ1) is 15.6. The van der Waals surface area contributed by atoms with Crippen molar-refractivity contribution in [3.05, 3.63) is 34.5 Å². The number of alkyl halides is 3. The summed E-state index contributed by atoms with van der Waals surface area (Å²) < 4.78 is 43.5. The fraction of sp³-hybridized carbons (Fsp3) is 0.231. The highest BCUT2D eigenvalue weighted by Crippen LogP contribution is 2.31. The summed E-state index contributed by atoms with van der Waals surface area (Å²) in [6.45, 7) is 1.62. The van der Waals surface area contributed by atoms with Gasteiger partial charge < -0.3 is 5.73 Å². The van der Waals surface area contributed by atoms with Gasteiger partial charge in [0.2, 0.25) is 5.65 Å². The number of aryl methyl sites for hydroxylation is 1. The molecule has 2 N–H and O–H groups in total. The van der Waals surface area contributed by atoms with Crippen LogP contribution >= 0.6 is 0 Å². The molecule has 0 unspecified atom stereocenters. The van der Waals surface area contributed by atoms with Crippen LogP contribution in [0.15, 0.2) is 10.8 Å². The van der Waals surface area contributed by atoms with Crippen LogP contribution in [0.4, 0.5) is 18.9 Å². The van der Waals surface area contributed by atoms with Crippen molar-refractivity contribution in [3.63, 3.8) is 0 Å². The summed E-state index contributed by atoms with van der Waals surface area (Å²) in [6.07, 6.45) is -4.04. The molecule has 0 fully saturated rings. The van der Waals surface area contributed by atoms with Crippen molar-refractivity contribution in [1.82, 2.24) is 25.3 Å². The maximum Gasteiger partial charge on any atom is 0.434 e. The fourth-order valence-corrected chi connectivity index (χ4v) is 2.17. The third-order valence-electron chi connectivity index (χ3n) is 3.32. The van der Waals surface area contributed by atoms with Gasteiger partial charge >= 0.3 is 6.18 Å². The molecular formula is C13H8F3N7O. The van der Waals surface area contributed by atoms with Gasteiger partial charge in [0.25, 0.3) is 0 Å². The number of nitrogen functional groups attached to an aromatic ring is 1. The molecule has 0 aliphatic heterocycles. The predicted molar refractivity (Wildman–Crippen MR) is 73.3 cm³/mol. The van der Waals surface area contributed by atoms with Crippen LogP contribution in [0.3, 0.4) is 0 Å². The number of nitrogens with two attached hydrogens (primary N) is 1. The quantitative estimate of drug-likeness (QED) is 0.750. The lowest BCUT2D eigenvalue weighted by atomic mass is 10.1. The Balaban J connectivity index is 2.08. The van der Waals surface area contributed by atoms with Gasteiger partial charge in [0.05, 0.1) is 5.69 Å². The summed E-state index contributed by atoms with van der Waals surface area (Å²) in [5, 5.41) is 15.9. The maximum atomic E-state index is 13.0. The van der Waals surface area contributed by atoms with E-state index in [9.17, 15) is 13.2 Å². The zero-order chi connectivity index (χ0) is 17.5. The predicted octanol–water partition coefficient (Wildman–Crippen LogP) is 1.78. The van der Waals surface area contributed by atoms with Gasteiger partial charge in [-0.15, -0.1) is 0 Å². The smallest absolute Gasteiger partial charge is 0.396 e. The lowest BCUT2D eigenvalue weighted by Crippen LogP contribution is -2.14. The summed E-state index contributed by atoms with van der Waals surface area (Å²) in [5.74, 6) is -0.145. The molecule has 3 heterocycles. The first-order valence-corrected chi connectivity index (χ1v) is 6.51. The second-order valence-electron chi connectivity index (χ2n) is 4.86. The number of halogens is 3. The van der Waals surface area contributed by atoms with Crippen LogP contribution in [-0.2, 0) is 12.6 Å². The normalized spacial score (nSPS) is 11.6. The summed E-state index contributed by atoms with van der Waals surface area (Å²) >= 11 is 0. The number of aromatic nitrogens is 5. The first-order valence-electron chi connectivity index (χ1n) is 6.51. The highest BCUT2D eigenvalue weighted by atomic mass is 19.4. The van der Waals surface area contributed by atoms with E-state index in [4.69, 9.17) is 11.0 Å². The Morgan fingerprint density at radius 3 is 2.71 bits per heavy atom. The molecule has 3 rings (SSSR count). The first-order chi connectivity index (χ1) is 11.3. The van der Waals surface area contributed by atoms with E-state index in [0.717, 1.165) is 6.20 Å². The van der Waals surface area contributed by atoms with Gasteiger partial charge in [0.1, 0.15) is 17.5 Å². The van der Waals surface area contributed by atoms with Crippen molar-refractivity contribution in [3.8, 4) is 6.07 Å². The Morgan fingerprint density at radius 2 is 2.04 bits per heavy atom. The second kappa shape index (κ2) is 5.41. The highest BCUT2D eigenvalue weighted by Gasteiger charge is 2.36. The number of hydrogen-bond acceptors (Lipinski definition) is 8. The minimum atomic E-state index is -4.76. The van der Waals surface area contributed by atoms with Gasteiger partial charge in [0, 0.05) is 23.9 Å². The zero-order valence-electron chi connectivity index (χ0n) is 12.1. The number of nitriles is 1. The van der Waals surface area contributed by atoms with Crippen LogP contribution in [0, 0.1) is 18.3 Å². The molecule has 8 nitrogen and oxygen atoms in total. The van der Waals surface area contributed by atoms with Crippen molar-refractivity contribution >= 4 is 16.9 Å². The Bertz CT molecular complexity index is 974. The SMILES string of the molecule is Cc1nc2nonc2c(N)c1Cc1ncc(C#N)c(C(F)(F)F)n1. The van der Waals surface area contributed by atoms with E-state index in [2.05, 4.69) is 29.9 Å². The van der Waals surface area contributed by atoms with Crippen molar-refractivity contribution in [2.24, 2.45) is 0 Å². The Hall–Kier alpha value is -3.29. The molecule has 11 heteroatoms. The molecule has 0 atom stereocenters. The molecule has 0 saturated carbocycles. The molecule has 0 spiro atoms. The van der Waals surface area contributed by atoms with E-state index in [0.29, 0.717) is 11.3 Å². The number of pyridine rings is 1. The lowest BCUT2D eigenvalue weighted by molar-refractivity contribution is -0.141. The average Bonchev–Trinajstić information content (AvgIpc) is 2.98. The van der Waals surface area contributed by atoms with Crippen LogP contribution in [0.2, 0.25) is 0 Å². The summed E-state index contributed by atoms with van der Waals surface area (Å²) in [6, 6.07) is 1.42. The van der Waals surface area contributed by atoms with E-state index in [1.165, 1.54) is 6.07 Å². The van der Waals surface area contributed by atoms with E-state index in [1.807, 2.05) is 0 Å². The minimum absolute atomic E-state index is 0.109. The van der Waals surface area contributed by atoms with Crippen molar-refractivity contribution in [1.29, 1.82) is 5.26 Å². The number of nitrogens with zero attached hydrogens (tertiary/aromatic N) is 6. The Kier molecular flexibility index (Phi) is 3.52. The summed E-state index contributed by atoms with van der Waals surface area (Å²) in [7, 11) is 0. The number of hydrogen-bond donors (Lipinski definition) is 1. The molecule has 122 valence electrons. The van der Waals surface area contributed by atoms with Crippen molar-refractivity contribution < 1.29 is 17.8 Å². The van der Waals surface area contributed by atoms with Gasteiger partial charge in [-0.1, -0.05) is 0 Å². The Labute approximate surface area is 132 Å². The molecule has 0 bridgehead atoms. The molecule has 0 aliphatic carbocycles. The lowest BCUT2D eigenvalue weighted by Gasteiger charge is -2.11. The summed E-state index contributed by atoms with van der Waals surface area (Å²) in [5.41, 5.74) is 5.47. The molecule has 3 aromatic rings. The molecule has 0 amide bonds. The molecule has 0 saturated heterocycles. The van der Waals surface area contributed by atoms with Crippen LogP contribution in [-0.4, -0.2) is 25.3 Å². The molecule has 24 heavy (non-hydrogen) atoms. The van der Waals surface area contributed by atoms with E-state index in [-0.39, 0.29) is 29.1 Å². The van der Waals surface area contributed by atoms with Crippen LogP contribution < -0.4 is 5.73 Å². The molecule has 0 radical (unpaired) electrons. The molecule has 3 aromatic heterocycles. The standard InChI is InChI=1S/C13H8F3N7O/c1-5-7(9(18)10-12(20-5)23-24-22-10)2-8-19-4-6(3-17)11(21-8)13(14,15)16/h4H,2,18H2,1H3. The molecule has 0 aliphatic rings. The van der Waals surface area contributed by atoms with Crippen LogP contribution in [0.1, 0.15) is 28.3 Å². The maximum absolute atomic E-state index is 13.0. The van der Waals surface area contributed by atoms with E-state index in [1.54, 1.807) is 6.92 Å². The van der Waals surface area contributed by atoms with Crippen molar-refractivity contribution in [2.75, 3.05) is 5.73 Å². The Morgan fingerprint density at radius 1 is 1.29 bits per heavy atom. The third-order valence-corrected chi connectivity index (χ3v) is 3.32. The van der Waals surface area contributed by atoms with Gasteiger partial charge in [-0.3, -0.25) is 0 Å². The average molecular weight is 335 g/mol. The summed E-state index contributed by atoms with van der Waals surface area (Å²) in [4.78, 5) is 11.4. The van der Waals surface area contributed by atoms with Crippen molar-refractivity contribution in [2.45, 2.75) is 19.5 Å².